The van der Waals surface area contributed by atoms with Crippen LogP contribution in [0.3, 0.4) is 0 Å². The number of rotatable bonds is 2. The third-order valence-corrected chi connectivity index (χ3v) is 1.67. The van der Waals surface area contributed by atoms with Crippen molar-refractivity contribution in [1.29, 1.82) is 5.41 Å². The molecule has 0 atom stereocenters. The van der Waals surface area contributed by atoms with Crippen LogP contribution in [0.5, 0.6) is 0 Å². The van der Waals surface area contributed by atoms with Crippen LogP contribution in [-0.4, -0.2) is 17.0 Å². The van der Waals surface area contributed by atoms with E-state index in [1.165, 1.54) is 24.5 Å². The highest BCUT2D eigenvalue weighted by Crippen LogP contribution is 2.14. The van der Waals surface area contributed by atoms with Crippen molar-refractivity contribution in [3.8, 4) is 0 Å². The molecule has 0 heterocycles. The van der Waals surface area contributed by atoms with Gasteiger partial charge in [0.2, 0.25) is 5.91 Å². The number of halogens is 1. The van der Waals surface area contributed by atoms with Crippen molar-refractivity contribution in [2.75, 3.05) is 5.32 Å². The zero-order valence-electron chi connectivity index (χ0n) is 7.97. The number of benzene rings is 1. The topological polar surface area (TPSA) is 85.2 Å². The molecule has 0 unspecified atom stereocenters. The molecule has 1 rings (SSSR count). The molecule has 6 heteroatoms. The van der Waals surface area contributed by atoms with Crippen molar-refractivity contribution in [3.63, 3.8) is 0 Å². The maximum absolute atomic E-state index is 13.1. The first-order valence-corrected chi connectivity index (χ1v) is 4.10. The number of amidine groups is 1. The lowest BCUT2D eigenvalue weighted by molar-refractivity contribution is -0.114. The van der Waals surface area contributed by atoms with Gasteiger partial charge in [-0.1, -0.05) is 0 Å². The van der Waals surface area contributed by atoms with Gasteiger partial charge in [0, 0.05) is 12.6 Å². The molecule has 1 aromatic carbocycles. The molecular formula is C9H10FN3O2. The highest BCUT2D eigenvalue weighted by Gasteiger charge is 2.08. The minimum atomic E-state index is -0.657. The average Bonchev–Trinajstić information content (AvgIpc) is 2.19. The van der Waals surface area contributed by atoms with Crippen LogP contribution < -0.4 is 10.8 Å². The van der Waals surface area contributed by atoms with Gasteiger partial charge < -0.3 is 5.32 Å². The molecule has 0 fully saturated rings. The molecule has 0 spiro atoms. The van der Waals surface area contributed by atoms with Gasteiger partial charge in [-0.3, -0.25) is 20.9 Å². The van der Waals surface area contributed by atoms with Gasteiger partial charge in [0.05, 0.1) is 5.56 Å². The number of hydrogen-bond acceptors (Lipinski definition) is 3. The standard InChI is InChI=1S/C9H10FN3O2/c1-5(14)12-6-2-3-8(10)7(4-6)9(11)13-15/h2-4,15H,1H3,(H2,11,13)(H,12,14). The summed E-state index contributed by atoms with van der Waals surface area (Å²) in [5.74, 6) is -1.42. The van der Waals surface area contributed by atoms with Gasteiger partial charge in [-0.2, -0.15) is 0 Å². The number of amides is 1. The minimum Gasteiger partial charge on any atom is -0.326 e. The molecule has 0 aliphatic carbocycles. The zero-order valence-corrected chi connectivity index (χ0v) is 7.97. The van der Waals surface area contributed by atoms with E-state index >= 15 is 0 Å². The molecule has 0 saturated heterocycles. The van der Waals surface area contributed by atoms with E-state index < -0.39 is 11.7 Å². The highest BCUT2D eigenvalue weighted by molar-refractivity contribution is 5.98. The lowest BCUT2D eigenvalue weighted by atomic mass is 10.1. The van der Waals surface area contributed by atoms with E-state index in [1.807, 2.05) is 0 Å². The monoisotopic (exact) mass is 211 g/mol. The molecule has 1 aromatic rings. The molecule has 0 bridgehead atoms. The fourth-order valence-electron chi connectivity index (χ4n) is 1.06. The quantitative estimate of drug-likeness (QED) is 0.335. The van der Waals surface area contributed by atoms with Crippen molar-refractivity contribution in [3.05, 3.63) is 29.6 Å². The second-order valence-electron chi connectivity index (χ2n) is 2.86. The first-order chi connectivity index (χ1) is 7.04. The van der Waals surface area contributed by atoms with Crippen molar-refractivity contribution in [2.24, 2.45) is 0 Å². The van der Waals surface area contributed by atoms with Crippen molar-refractivity contribution >= 4 is 17.4 Å². The van der Waals surface area contributed by atoms with E-state index in [2.05, 4.69) is 5.32 Å². The number of carbonyl (C=O) groups excluding carboxylic acids is 1. The fraction of sp³-hybridized carbons (Fsp3) is 0.111. The number of hydrogen-bond donors (Lipinski definition) is 4. The Kier molecular flexibility index (Phi) is 3.35. The second kappa shape index (κ2) is 4.52. The van der Waals surface area contributed by atoms with Gasteiger partial charge in [0.1, 0.15) is 5.82 Å². The molecule has 0 aromatic heterocycles. The summed E-state index contributed by atoms with van der Waals surface area (Å²) in [6, 6.07) is 3.72. The van der Waals surface area contributed by atoms with Crippen molar-refractivity contribution in [1.82, 2.24) is 5.48 Å². The highest BCUT2D eigenvalue weighted by atomic mass is 19.1. The Labute approximate surface area is 85.4 Å². The molecule has 0 saturated carbocycles. The Morgan fingerprint density at radius 2 is 2.20 bits per heavy atom. The maximum atomic E-state index is 13.1. The predicted molar refractivity (Wildman–Crippen MR) is 52.5 cm³/mol. The van der Waals surface area contributed by atoms with Gasteiger partial charge in [-0.25, -0.2) is 4.39 Å². The molecule has 0 aliphatic rings. The minimum absolute atomic E-state index is 0.122. The van der Waals surface area contributed by atoms with Crippen molar-refractivity contribution in [2.45, 2.75) is 6.92 Å². The van der Waals surface area contributed by atoms with Crippen LogP contribution in [-0.2, 0) is 4.79 Å². The Balaban J connectivity index is 3.05. The van der Waals surface area contributed by atoms with E-state index in [0.717, 1.165) is 6.07 Å². The summed E-state index contributed by atoms with van der Waals surface area (Å²) in [7, 11) is 0. The summed E-state index contributed by atoms with van der Waals surface area (Å²) in [6.07, 6.45) is 0. The summed E-state index contributed by atoms with van der Waals surface area (Å²) in [5, 5.41) is 18.1. The first kappa shape index (κ1) is 11.1. The third kappa shape index (κ3) is 2.75. The van der Waals surface area contributed by atoms with Crippen LogP contribution in [0.4, 0.5) is 10.1 Å². The van der Waals surface area contributed by atoms with Crippen LogP contribution in [0.2, 0.25) is 0 Å². The number of anilines is 1. The molecule has 0 aliphatic heterocycles. The normalized spacial score (nSPS) is 9.53. The Morgan fingerprint density at radius 1 is 1.53 bits per heavy atom. The van der Waals surface area contributed by atoms with Gasteiger partial charge >= 0.3 is 0 Å². The second-order valence-corrected chi connectivity index (χ2v) is 2.86. The Hall–Kier alpha value is -1.95. The first-order valence-electron chi connectivity index (χ1n) is 4.10. The zero-order chi connectivity index (χ0) is 11.4. The fourth-order valence-corrected chi connectivity index (χ4v) is 1.06. The number of carbonyl (C=O) groups is 1. The van der Waals surface area contributed by atoms with Crippen LogP contribution in [0.15, 0.2) is 18.2 Å². The summed E-state index contributed by atoms with van der Waals surface area (Å²) in [4.78, 5) is 10.7. The van der Waals surface area contributed by atoms with Gasteiger partial charge in [0.15, 0.2) is 5.84 Å². The van der Waals surface area contributed by atoms with Crippen molar-refractivity contribution < 1.29 is 14.4 Å². The number of hydroxylamine groups is 1. The van der Waals surface area contributed by atoms with E-state index in [4.69, 9.17) is 10.6 Å². The summed E-state index contributed by atoms with van der Waals surface area (Å²) in [5.41, 5.74) is 1.77. The number of nitrogens with one attached hydrogen (secondary N) is 3. The Morgan fingerprint density at radius 3 is 2.73 bits per heavy atom. The lowest BCUT2D eigenvalue weighted by Gasteiger charge is -2.07. The van der Waals surface area contributed by atoms with E-state index in [1.54, 1.807) is 0 Å². The van der Waals surface area contributed by atoms with Crippen LogP contribution in [0, 0.1) is 11.2 Å². The van der Waals surface area contributed by atoms with Crippen LogP contribution in [0.1, 0.15) is 12.5 Å². The van der Waals surface area contributed by atoms with Crippen LogP contribution >= 0.6 is 0 Å². The largest absolute Gasteiger partial charge is 0.326 e. The molecule has 80 valence electrons. The third-order valence-electron chi connectivity index (χ3n) is 1.67. The summed E-state index contributed by atoms with van der Waals surface area (Å²) < 4.78 is 13.1. The Bertz CT molecular complexity index is 406. The molecule has 4 N–H and O–H groups in total. The summed E-state index contributed by atoms with van der Waals surface area (Å²) in [6.45, 7) is 1.32. The van der Waals surface area contributed by atoms with E-state index in [-0.39, 0.29) is 11.5 Å². The van der Waals surface area contributed by atoms with Gasteiger partial charge in [-0.15, -0.1) is 0 Å². The van der Waals surface area contributed by atoms with Crippen LogP contribution in [0.25, 0.3) is 0 Å². The van der Waals surface area contributed by atoms with E-state index in [0.29, 0.717) is 5.69 Å². The molecule has 1 amide bonds. The smallest absolute Gasteiger partial charge is 0.221 e. The molecule has 15 heavy (non-hydrogen) atoms. The average molecular weight is 211 g/mol. The predicted octanol–water partition coefficient (Wildman–Crippen LogP) is 1.09. The molecule has 5 nitrogen and oxygen atoms in total. The molecule has 0 radical (unpaired) electrons. The maximum Gasteiger partial charge on any atom is 0.221 e. The lowest BCUT2D eigenvalue weighted by Crippen LogP contribution is -2.20. The van der Waals surface area contributed by atoms with E-state index in [9.17, 15) is 9.18 Å². The van der Waals surface area contributed by atoms with Gasteiger partial charge in [0.25, 0.3) is 0 Å². The molecular weight excluding hydrogens is 201 g/mol. The summed E-state index contributed by atoms with van der Waals surface area (Å²) >= 11 is 0. The van der Waals surface area contributed by atoms with Gasteiger partial charge in [-0.05, 0) is 18.2 Å². The SMILES string of the molecule is CC(=O)Nc1ccc(F)c(C(=N)NO)c1.